The van der Waals surface area contributed by atoms with Crippen LogP contribution in [0.25, 0.3) is 10.4 Å². The molecule has 1 saturated carbocycles. The molecule has 10 heteroatoms. The summed E-state index contributed by atoms with van der Waals surface area (Å²) < 4.78 is 25.9. The molecule has 34 heavy (non-hydrogen) atoms. The predicted octanol–water partition coefficient (Wildman–Crippen LogP) is 5.69. The van der Waals surface area contributed by atoms with E-state index in [1.165, 1.54) is 23.6 Å². The number of anilines is 2. The fourth-order valence-corrected chi connectivity index (χ4v) is 5.70. The van der Waals surface area contributed by atoms with Crippen molar-refractivity contribution in [3.8, 4) is 10.4 Å². The maximum atomic E-state index is 13.0. The maximum absolute atomic E-state index is 13.0. The largest absolute Gasteiger partial charge is 0.481 e. The third-order valence-corrected chi connectivity index (χ3v) is 7.50. The molecule has 0 spiro atoms. The average Bonchev–Trinajstić information content (AvgIpc) is 3.24. The number of alkyl halides is 2. The van der Waals surface area contributed by atoms with Crippen LogP contribution in [0, 0.1) is 18.3 Å². The number of carboxylic acids is 1. The van der Waals surface area contributed by atoms with Crippen LogP contribution in [0.1, 0.15) is 55.8 Å². The van der Waals surface area contributed by atoms with Gasteiger partial charge in [0.25, 0.3) is 6.43 Å². The van der Waals surface area contributed by atoms with Gasteiger partial charge in [-0.15, -0.1) is 11.3 Å². The van der Waals surface area contributed by atoms with E-state index in [2.05, 4.69) is 20.3 Å². The van der Waals surface area contributed by atoms with E-state index in [9.17, 15) is 23.8 Å². The van der Waals surface area contributed by atoms with E-state index in [-0.39, 0.29) is 11.6 Å². The van der Waals surface area contributed by atoms with Crippen LogP contribution in [0.3, 0.4) is 0 Å². The zero-order valence-corrected chi connectivity index (χ0v) is 19.9. The minimum absolute atomic E-state index is 0.0751. The Morgan fingerprint density at radius 3 is 2.71 bits per heavy atom. The quantitative estimate of drug-likeness (QED) is 0.409. The maximum Gasteiger partial charge on any atom is 0.307 e. The lowest BCUT2D eigenvalue weighted by Crippen LogP contribution is -2.44. The summed E-state index contributed by atoms with van der Waals surface area (Å²) in [5.41, 5.74) is 0.301. The molecule has 0 radical (unpaired) electrons. The van der Waals surface area contributed by atoms with Gasteiger partial charge in [0, 0.05) is 18.1 Å². The van der Waals surface area contributed by atoms with Crippen molar-refractivity contribution in [2.75, 3.05) is 5.32 Å². The Hall–Kier alpha value is -2.98. The zero-order valence-electron chi connectivity index (χ0n) is 19.0. The molecule has 3 aromatic rings. The molecule has 3 N–H and O–H groups in total. The van der Waals surface area contributed by atoms with Crippen molar-refractivity contribution in [3.63, 3.8) is 0 Å². The van der Waals surface area contributed by atoms with Crippen molar-refractivity contribution in [1.29, 1.82) is 0 Å². The number of aromatic nitrogens is 3. The monoisotopic (exact) mass is 488 g/mol. The second-order valence-corrected chi connectivity index (χ2v) is 10.5. The second-order valence-electron chi connectivity index (χ2n) is 9.47. The van der Waals surface area contributed by atoms with Crippen LogP contribution < -0.4 is 5.32 Å². The topological polar surface area (TPSA) is 108 Å². The van der Waals surface area contributed by atoms with Gasteiger partial charge in [-0.05, 0) is 60.9 Å². The van der Waals surface area contributed by atoms with Crippen LogP contribution in [-0.2, 0) is 10.4 Å². The van der Waals surface area contributed by atoms with Gasteiger partial charge >= 0.3 is 5.97 Å². The summed E-state index contributed by atoms with van der Waals surface area (Å²) in [5.74, 6) is -1.27. The predicted molar refractivity (Wildman–Crippen MR) is 125 cm³/mol. The molecule has 0 amide bonds. The molecule has 0 bridgehead atoms. The highest BCUT2D eigenvalue weighted by atomic mass is 32.1. The summed E-state index contributed by atoms with van der Waals surface area (Å²) in [6, 6.07) is 6.84. The average molecular weight is 489 g/mol. The van der Waals surface area contributed by atoms with Crippen LogP contribution in [0.5, 0.6) is 0 Å². The molecule has 0 aliphatic heterocycles. The van der Waals surface area contributed by atoms with E-state index in [4.69, 9.17) is 0 Å². The van der Waals surface area contributed by atoms with Crippen LogP contribution in [0.2, 0.25) is 0 Å². The molecule has 1 fully saturated rings. The molecule has 7 nitrogen and oxygen atoms in total. The van der Waals surface area contributed by atoms with Gasteiger partial charge in [-0.2, -0.15) is 0 Å². The molecule has 2 heterocycles. The number of benzene rings is 1. The number of rotatable bonds is 6. The summed E-state index contributed by atoms with van der Waals surface area (Å²) in [5, 5.41) is 24.4. The number of carbonyl (C=O) groups is 1. The highest BCUT2D eigenvalue weighted by Gasteiger charge is 2.49. The molecule has 2 atom stereocenters. The van der Waals surface area contributed by atoms with Crippen LogP contribution in [-0.4, -0.2) is 31.1 Å². The van der Waals surface area contributed by atoms with Crippen LogP contribution in [0.4, 0.5) is 20.4 Å². The van der Waals surface area contributed by atoms with Gasteiger partial charge in [-0.25, -0.2) is 23.7 Å². The molecule has 1 aliphatic rings. The van der Waals surface area contributed by atoms with Gasteiger partial charge < -0.3 is 15.5 Å². The molecule has 1 aromatic carbocycles. The highest BCUT2D eigenvalue weighted by molar-refractivity contribution is 7.15. The molecule has 180 valence electrons. The minimum atomic E-state index is -2.69. The van der Waals surface area contributed by atoms with E-state index in [0.29, 0.717) is 30.0 Å². The molecular weight excluding hydrogens is 462 g/mol. The summed E-state index contributed by atoms with van der Waals surface area (Å²) in [6.07, 6.45) is 1.31. The number of nitrogens with one attached hydrogen (secondary N) is 1. The number of aliphatic hydroxyl groups is 1. The smallest absolute Gasteiger partial charge is 0.307 e. The van der Waals surface area contributed by atoms with Crippen molar-refractivity contribution in [2.45, 2.75) is 52.1 Å². The van der Waals surface area contributed by atoms with Crippen molar-refractivity contribution in [3.05, 3.63) is 52.9 Å². The fourth-order valence-electron chi connectivity index (χ4n) is 4.68. The fraction of sp³-hybridized carbons (Fsp3) is 0.417. The first-order valence-corrected chi connectivity index (χ1v) is 11.7. The van der Waals surface area contributed by atoms with Crippen molar-refractivity contribution in [1.82, 2.24) is 15.0 Å². The third kappa shape index (κ3) is 4.92. The van der Waals surface area contributed by atoms with E-state index in [1.54, 1.807) is 6.20 Å². The third-order valence-electron chi connectivity index (χ3n) is 6.26. The lowest BCUT2D eigenvalue weighted by atomic mass is 9.63. The van der Waals surface area contributed by atoms with E-state index in [0.717, 1.165) is 16.0 Å². The van der Waals surface area contributed by atoms with E-state index < -0.39 is 29.3 Å². The number of carboxylic acid groups (broad SMARTS) is 1. The molecule has 1 aliphatic carbocycles. The summed E-state index contributed by atoms with van der Waals surface area (Å²) in [7, 11) is 0. The first kappa shape index (κ1) is 24.2. The lowest BCUT2D eigenvalue weighted by molar-refractivity contribution is -0.154. The normalized spacial score (nSPS) is 22.0. The minimum Gasteiger partial charge on any atom is -0.481 e. The molecule has 0 unspecified atom stereocenters. The number of aryl methyl sites for hydroxylation is 1. The van der Waals surface area contributed by atoms with Gasteiger partial charge in [0.05, 0.1) is 10.8 Å². The summed E-state index contributed by atoms with van der Waals surface area (Å²) in [4.78, 5) is 24.8. The second kappa shape index (κ2) is 8.99. The standard InChI is InChI=1S/C24H26F2N4O3S/c1-13-8-14(10-15(9-13)29-22-27-7-5-17(30-22)19(25)26)18-11-28-21(34-18)24(33)6-4-16(20(31)32)23(2,3)12-24/h5,7-11,16,19,33H,4,6,12H2,1-3H3,(H,31,32)(H,27,29,30)/t16-,24-/m1/s1. The Labute approximate surface area is 199 Å². The lowest BCUT2D eigenvalue weighted by Gasteiger charge is -2.44. The number of halogens is 2. The molecule has 2 aromatic heterocycles. The van der Waals surface area contributed by atoms with Gasteiger partial charge in [0.2, 0.25) is 5.95 Å². The number of thiazole rings is 1. The van der Waals surface area contributed by atoms with Gasteiger partial charge in [0.1, 0.15) is 16.3 Å². The molecule has 0 saturated heterocycles. The van der Waals surface area contributed by atoms with Crippen LogP contribution in [0.15, 0.2) is 36.7 Å². The summed E-state index contributed by atoms with van der Waals surface area (Å²) in [6.45, 7) is 5.65. The molecule has 4 rings (SSSR count). The van der Waals surface area contributed by atoms with E-state index in [1.807, 2.05) is 39.0 Å². The highest BCUT2D eigenvalue weighted by Crippen LogP contribution is 2.50. The van der Waals surface area contributed by atoms with Crippen molar-refractivity contribution < 1.29 is 23.8 Å². The number of aliphatic carboxylic acids is 1. The first-order valence-electron chi connectivity index (χ1n) is 10.9. The Kier molecular flexibility index (Phi) is 6.39. The van der Waals surface area contributed by atoms with Crippen LogP contribution >= 0.6 is 11.3 Å². The van der Waals surface area contributed by atoms with Crippen molar-refractivity contribution >= 4 is 28.9 Å². The Morgan fingerprint density at radius 1 is 1.26 bits per heavy atom. The van der Waals surface area contributed by atoms with Gasteiger partial charge in [-0.1, -0.05) is 19.9 Å². The Bertz CT molecular complexity index is 1220. The summed E-state index contributed by atoms with van der Waals surface area (Å²) >= 11 is 1.37. The Morgan fingerprint density at radius 2 is 2.03 bits per heavy atom. The van der Waals surface area contributed by atoms with Crippen molar-refractivity contribution in [2.24, 2.45) is 11.3 Å². The molecular formula is C24H26F2N4O3S. The SMILES string of the molecule is Cc1cc(Nc2nccc(C(F)F)n2)cc(-c2cnc([C@@]3(O)CC[C@H](C(=O)O)C(C)(C)C3)s2)c1. The number of hydrogen-bond acceptors (Lipinski definition) is 7. The zero-order chi connectivity index (χ0) is 24.7. The number of nitrogens with zero attached hydrogens (tertiary/aromatic N) is 3. The van der Waals surface area contributed by atoms with Gasteiger partial charge in [-0.3, -0.25) is 4.79 Å². The van der Waals surface area contributed by atoms with E-state index >= 15 is 0 Å². The first-order chi connectivity index (χ1) is 16.0. The number of hydrogen-bond donors (Lipinski definition) is 3. The Balaban J connectivity index is 1.59. The van der Waals surface area contributed by atoms with Gasteiger partial charge in [0.15, 0.2) is 0 Å².